The number of nitrogens with zero attached hydrogens (tertiary/aromatic N) is 2. The van der Waals surface area contributed by atoms with Crippen LogP contribution in [0.25, 0.3) is 0 Å². The Morgan fingerprint density at radius 2 is 1.68 bits per heavy atom. The molecule has 1 amide bonds. The maximum atomic E-state index is 12.4. The number of anilines is 2. The van der Waals surface area contributed by atoms with Crippen molar-refractivity contribution in [2.45, 2.75) is 20.4 Å². The van der Waals surface area contributed by atoms with Gasteiger partial charge in [-0.25, -0.2) is 9.97 Å². The molecule has 5 nitrogen and oxygen atoms in total. The van der Waals surface area contributed by atoms with Crippen molar-refractivity contribution in [3.05, 3.63) is 83.3 Å². The second kappa shape index (κ2) is 7.57. The summed E-state index contributed by atoms with van der Waals surface area (Å²) in [5.74, 6) is 0.919. The van der Waals surface area contributed by atoms with E-state index in [-0.39, 0.29) is 5.91 Å². The second-order valence-electron chi connectivity index (χ2n) is 5.84. The predicted molar refractivity (Wildman–Crippen MR) is 98.8 cm³/mol. The van der Waals surface area contributed by atoms with Gasteiger partial charge in [-0.2, -0.15) is 0 Å². The average Bonchev–Trinajstić information content (AvgIpc) is 2.61. The number of amides is 1. The van der Waals surface area contributed by atoms with Gasteiger partial charge in [-0.1, -0.05) is 48.0 Å². The van der Waals surface area contributed by atoms with E-state index in [0.29, 0.717) is 23.9 Å². The fourth-order valence-corrected chi connectivity index (χ4v) is 2.40. The zero-order chi connectivity index (χ0) is 17.6. The van der Waals surface area contributed by atoms with Crippen LogP contribution in [0.1, 0.15) is 27.4 Å². The molecule has 0 spiro atoms. The Balaban J connectivity index is 1.70. The number of aromatic nitrogens is 2. The van der Waals surface area contributed by atoms with Crippen molar-refractivity contribution >= 4 is 17.4 Å². The molecule has 0 aliphatic heterocycles. The molecule has 0 aliphatic carbocycles. The van der Waals surface area contributed by atoms with Crippen molar-refractivity contribution in [3.8, 4) is 0 Å². The van der Waals surface area contributed by atoms with Gasteiger partial charge in [0.2, 0.25) is 0 Å². The number of para-hydroxylation sites is 1. The highest BCUT2D eigenvalue weighted by Gasteiger charge is 2.10. The van der Waals surface area contributed by atoms with Gasteiger partial charge in [0.15, 0.2) is 0 Å². The number of carbonyl (C=O) groups excluding carboxylic acids is 1. The van der Waals surface area contributed by atoms with Gasteiger partial charge >= 0.3 is 0 Å². The van der Waals surface area contributed by atoms with Crippen LogP contribution in [0.2, 0.25) is 0 Å². The number of nitrogens with one attached hydrogen (secondary N) is 2. The van der Waals surface area contributed by atoms with Gasteiger partial charge in [-0.3, -0.25) is 4.79 Å². The van der Waals surface area contributed by atoms with Crippen LogP contribution in [0.4, 0.5) is 11.5 Å². The molecule has 0 saturated carbocycles. The third-order valence-corrected chi connectivity index (χ3v) is 3.69. The average molecular weight is 332 g/mol. The summed E-state index contributed by atoms with van der Waals surface area (Å²) >= 11 is 0. The Morgan fingerprint density at radius 1 is 0.960 bits per heavy atom. The molecule has 5 heteroatoms. The minimum absolute atomic E-state index is 0.220. The SMILES string of the molecule is Cc1ccc(CNC(=O)c2cc(Nc3ccccc3)nc(C)n2)cc1. The van der Waals surface area contributed by atoms with Gasteiger partial charge in [0.05, 0.1) is 0 Å². The van der Waals surface area contributed by atoms with Crippen molar-refractivity contribution in [3.63, 3.8) is 0 Å². The minimum atomic E-state index is -0.220. The molecule has 1 heterocycles. The first-order valence-corrected chi connectivity index (χ1v) is 8.12. The Kier molecular flexibility index (Phi) is 5.04. The Bertz CT molecular complexity index is 861. The molecule has 3 aromatic rings. The summed E-state index contributed by atoms with van der Waals surface area (Å²) in [5, 5.41) is 6.08. The molecule has 126 valence electrons. The van der Waals surface area contributed by atoms with Crippen LogP contribution in [0.3, 0.4) is 0 Å². The van der Waals surface area contributed by atoms with Crippen LogP contribution in [0.15, 0.2) is 60.7 Å². The fourth-order valence-electron chi connectivity index (χ4n) is 2.40. The number of hydrogen-bond donors (Lipinski definition) is 2. The third-order valence-electron chi connectivity index (χ3n) is 3.69. The molecule has 0 aliphatic rings. The standard InChI is InChI=1S/C20H20N4O/c1-14-8-10-16(11-9-14)13-21-20(25)18-12-19(23-15(2)22-18)24-17-6-4-3-5-7-17/h3-12H,13H2,1-2H3,(H,21,25)(H,22,23,24). The van der Waals surface area contributed by atoms with E-state index < -0.39 is 0 Å². The lowest BCUT2D eigenvalue weighted by molar-refractivity contribution is 0.0945. The van der Waals surface area contributed by atoms with E-state index in [0.717, 1.165) is 11.3 Å². The van der Waals surface area contributed by atoms with Crippen molar-refractivity contribution < 1.29 is 4.79 Å². The predicted octanol–water partition coefficient (Wildman–Crippen LogP) is 3.77. The lowest BCUT2D eigenvalue weighted by Gasteiger charge is -2.09. The first kappa shape index (κ1) is 16.6. The van der Waals surface area contributed by atoms with Crippen LogP contribution in [0.5, 0.6) is 0 Å². The molecule has 0 atom stereocenters. The molecule has 0 fully saturated rings. The van der Waals surface area contributed by atoms with Crippen molar-refractivity contribution in [2.75, 3.05) is 5.32 Å². The maximum absolute atomic E-state index is 12.4. The van der Waals surface area contributed by atoms with Crippen LogP contribution in [-0.4, -0.2) is 15.9 Å². The van der Waals surface area contributed by atoms with Crippen LogP contribution >= 0.6 is 0 Å². The summed E-state index contributed by atoms with van der Waals surface area (Å²) in [6.07, 6.45) is 0. The quantitative estimate of drug-likeness (QED) is 0.746. The van der Waals surface area contributed by atoms with Crippen molar-refractivity contribution in [1.29, 1.82) is 0 Å². The first-order chi connectivity index (χ1) is 12.1. The molecule has 2 N–H and O–H groups in total. The van der Waals surface area contributed by atoms with E-state index in [1.807, 2.05) is 61.5 Å². The molecule has 0 bridgehead atoms. The van der Waals surface area contributed by atoms with Crippen LogP contribution in [-0.2, 0) is 6.54 Å². The fraction of sp³-hybridized carbons (Fsp3) is 0.150. The Morgan fingerprint density at radius 3 is 2.40 bits per heavy atom. The lowest BCUT2D eigenvalue weighted by atomic mass is 10.1. The van der Waals surface area contributed by atoms with Crippen LogP contribution in [0, 0.1) is 13.8 Å². The highest BCUT2D eigenvalue weighted by Crippen LogP contribution is 2.15. The lowest BCUT2D eigenvalue weighted by Crippen LogP contribution is -2.24. The van der Waals surface area contributed by atoms with Gasteiger partial charge in [-0.15, -0.1) is 0 Å². The molecular formula is C20H20N4O. The van der Waals surface area contributed by atoms with E-state index >= 15 is 0 Å². The van der Waals surface area contributed by atoms with Crippen molar-refractivity contribution in [1.82, 2.24) is 15.3 Å². The number of benzene rings is 2. The zero-order valence-electron chi connectivity index (χ0n) is 14.3. The molecule has 1 aromatic heterocycles. The summed E-state index contributed by atoms with van der Waals surface area (Å²) in [7, 11) is 0. The van der Waals surface area contributed by atoms with E-state index in [1.54, 1.807) is 13.0 Å². The topological polar surface area (TPSA) is 66.9 Å². The summed E-state index contributed by atoms with van der Waals surface area (Å²) in [5.41, 5.74) is 3.50. The van der Waals surface area contributed by atoms with Gasteiger partial charge in [0, 0.05) is 18.3 Å². The second-order valence-corrected chi connectivity index (χ2v) is 5.84. The minimum Gasteiger partial charge on any atom is -0.347 e. The van der Waals surface area contributed by atoms with E-state index in [1.165, 1.54) is 5.56 Å². The van der Waals surface area contributed by atoms with Crippen molar-refractivity contribution in [2.24, 2.45) is 0 Å². The summed E-state index contributed by atoms with van der Waals surface area (Å²) in [4.78, 5) is 21.0. The van der Waals surface area contributed by atoms with E-state index in [4.69, 9.17) is 0 Å². The van der Waals surface area contributed by atoms with Gasteiger partial charge in [0.1, 0.15) is 17.3 Å². The first-order valence-electron chi connectivity index (χ1n) is 8.12. The molecular weight excluding hydrogens is 312 g/mol. The highest BCUT2D eigenvalue weighted by atomic mass is 16.1. The molecule has 3 rings (SSSR count). The molecule has 0 saturated heterocycles. The molecule has 25 heavy (non-hydrogen) atoms. The summed E-state index contributed by atoms with van der Waals surface area (Å²) in [6, 6.07) is 19.4. The Hall–Kier alpha value is -3.21. The summed E-state index contributed by atoms with van der Waals surface area (Å²) < 4.78 is 0. The van der Waals surface area contributed by atoms with E-state index in [2.05, 4.69) is 20.6 Å². The third kappa shape index (κ3) is 4.64. The number of aryl methyl sites for hydroxylation is 2. The largest absolute Gasteiger partial charge is 0.347 e. The van der Waals surface area contributed by atoms with Gasteiger partial charge in [-0.05, 0) is 31.5 Å². The van der Waals surface area contributed by atoms with Gasteiger partial charge in [0.25, 0.3) is 5.91 Å². The Labute approximate surface area is 147 Å². The van der Waals surface area contributed by atoms with E-state index in [9.17, 15) is 4.79 Å². The highest BCUT2D eigenvalue weighted by molar-refractivity contribution is 5.93. The molecule has 0 unspecified atom stereocenters. The number of hydrogen-bond acceptors (Lipinski definition) is 4. The normalized spacial score (nSPS) is 10.3. The number of carbonyl (C=O) groups is 1. The summed E-state index contributed by atoms with van der Waals surface area (Å²) in [6.45, 7) is 4.27. The number of rotatable bonds is 5. The zero-order valence-corrected chi connectivity index (χ0v) is 14.3. The van der Waals surface area contributed by atoms with Crippen LogP contribution < -0.4 is 10.6 Å². The van der Waals surface area contributed by atoms with Gasteiger partial charge < -0.3 is 10.6 Å². The molecule has 2 aromatic carbocycles. The smallest absolute Gasteiger partial charge is 0.270 e. The monoisotopic (exact) mass is 332 g/mol. The molecule has 0 radical (unpaired) electrons. The maximum Gasteiger partial charge on any atom is 0.270 e.